The topological polar surface area (TPSA) is 40.6 Å². The Hall–Kier alpha value is -0.430. The Morgan fingerprint density at radius 3 is 2.45 bits per heavy atom. The third-order valence-electron chi connectivity index (χ3n) is 3.93. The maximum Gasteiger partial charge on any atom is 0.243 e. The number of hydrogen-bond acceptors (Lipinski definition) is 3. The summed E-state index contributed by atoms with van der Waals surface area (Å²) in [7, 11) is -1.30. The highest BCUT2D eigenvalue weighted by Gasteiger charge is 2.31. The monoisotopic (exact) mass is 360 g/mol. The smallest absolute Gasteiger partial charge is 0.243 e. The molecule has 1 unspecified atom stereocenters. The van der Waals surface area contributed by atoms with Gasteiger partial charge in [0.25, 0.3) is 0 Å². The van der Waals surface area contributed by atoms with Crippen molar-refractivity contribution in [2.75, 3.05) is 26.7 Å². The lowest BCUT2D eigenvalue weighted by molar-refractivity contribution is 0.144. The van der Waals surface area contributed by atoms with Gasteiger partial charge in [0, 0.05) is 31.0 Å². The van der Waals surface area contributed by atoms with Crippen LogP contribution < -0.4 is 0 Å². The van der Waals surface area contributed by atoms with Crippen molar-refractivity contribution < 1.29 is 8.42 Å². The molecule has 6 heteroatoms. The average Bonchev–Trinajstić information content (AvgIpc) is 2.47. The molecule has 1 heterocycles. The van der Waals surface area contributed by atoms with Crippen LogP contribution in [-0.2, 0) is 15.4 Å². The first-order chi connectivity index (χ1) is 9.48. The lowest BCUT2D eigenvalue weighted by Gasteiger charge is -2.38. The van der Waals surface area contributed by atoms with Gasteiger partial charge in [-0.05, 0) is 31.2 Å². The van der Waals surface area contributed by atoms with Gasteiger partial charge in [-0.25, -0.2) is 8.42 Å². The van der Waals surface area contributed by atoms with Crippen LogP contribution in [0.15, 0.2) is 29.2 Å². The van der Waals surface area contributed by atoms with E-state index in [1.807, 2.05) is 12.1 Å². The zero-order chi connectivity index (χ0) is 14.8. The first-order valence-corrected chi connectivity index (χ1v) is 9.40. The van der Waals surface area contributed by atoms with Gasteiger partial charge in [0.1, 0.15) is 0 Å². The number of nitrogens with zero attached hydrogens (tertiary/aromatic N) is 2. The number of alkyl halides is 1. The fourth-order valence-electron chi connectivity index (χ4n) is 2.48. The summed E-state index contributed by atoms with van der Waals surface area (Å²) in [6, 6.07) is 7.42. The molecule has 0 bridgehead atoms. The van der Waals surface area contributed by atoms with Crippen LogP contribution in [0.1, 0.15) is 18.9 Å². The van der Waals surface area contributed by atoms with Gasteiger partial charge in [0.15, 0.2) is 0 Å². The van der Waals surface area contributed by atoms with Crippen LogP contribution in [0.4, 0.5) is 0 Å². The Labute approximate surface area is 129 Å². The van der Waals surface area contributed by atoms with E-state index in [0.717, 1.165) is 23.9 Å². The Bertz CT molecular complexity index is 545. The summed E-state index contributed by atoms with van der Waals surface area (Å²) in [6.45, 7) is 4.03. The summed E-state index contributed by atoms with van der Waals surface area (Å²) in [4.78, 5) is 2.63. The number of halogens is 1. The Kier molecular flexibility index (Phi) is 5.23. The van der Waals surface area contributed by atoms with E-state index < -0.39 is 10.0 Å². The lowest BCUT2D eigenvalue weighted by atomic mass is 10.1. The number of likely N-dealkylation sites (N-methyl/N-ethyl adjacent to an activating group) is 1. The fraction of sp³-hybridized carbons (Fsp3) is 0.571. The first-order valence-electron chi connectivity index (χ1n) is 6.84. The molecule has 0 N–H and O–H groups in total. The summed E-state index contributed by atoms with van der Waals surface area (Å²) >= 11 is 3.37. The van der Waals surface area contributed by atoms with E-state index in [1.165, 1.54) is 0 Å². The molecule has 20 heavy (non-hydrogen) atoms. The standard InChI is InChI=1S/C14H21BrN2O2S/c1-3-13-11-17(9-8-16(13)2)20(18,19)14-6-4-12(10-15)5-7-14/h4-7,13H,3,8-11H2,1-2H3. The van der Waals surface area contributed by atoms with E-state index in [2.05, 4.69) is 34.8 Å². The van der Waals surface area contributed by atoms with Crippen LogP contribution in [-0.4, -0.2) is 50.3 Å². The quantitative estimate of drug-likeness (QED) is 0.773. The molecule has 0 spiro atoms. The third kappa shape index (κ3) is 3.24. The van der Waals surface area contributed by atoms with E-state index in [1.54, 1.807) is 16.4 Å². The average molecular weight is 361 g/mol. The fourth-order valence-corrected chi connectivity index (χ4v) is 4.32. The summed E-state index contributed by atoms with van der Waals surface area (Å²) in [6.07, 6.45) is 0.963. The van der Waals surface area contributed by atoms with Crippen molar-refractivity contribution in [3.63, 3.8) is 0 Å². The highest BCUT2D eigenvalue weighted by molar-refractivity contribution is 9.08. The third-order valence-corrected chi connectivity index (χ3v) is 6.45. The summed E-state index contributed by atoms with van der Waals surface area (Å²) in [5, 5.41) is 0.736. The predicted octanol–water partition coefficient (Wildman–Crippen LogP) is 2.30. The molecule has 0 aliphatic carbocycles. The van der Waals surface area contributed by atoms with E-state index in [9.17, 15) is 8.42 Å². The lowest BCUT2D eigenvalue weighted by Crippen LogP contribution is -2.52. The predicted molar refractivity (Wildman–Crippen MR) is 84.5 cm³/mol. The molecule has 1 aliphatic heterocycles. The maximum atomic E-state index is 12.7. The van der Waals surface area contributed by atoms with Gasteiger partial charge in [-0.15, -0.1) is 0 Å². The van der Waals surface area contributed by atoms with Gasteiger partial charge < -0.3 is 4.90 Å². The van der Waals surface area contributed by atoms with Crippen molar-refractivity contribution in [3.8, 4) is 0 Å². The van der Waals surface area contributed by atoms with E-state index in [4.69, 9.17) is 0 Å². The van der Waals surface area contributed by atoms with Crippen LogP contribution in [0.5, 0.6) is 0 Å². The second-order valence-electron chi connectivity index (χ2n) is 5.18. The summed E-state index contributed by atoms with van der Waals surface area (Å²) in [5.41, 5.74) is 1.08. The molecule has 0 aromatic heterocycles. The van der Waals surface area contributed by atoms with Crippen LogP contribution in [0.2, 0.25) is 0 Å². The Morgan fingerprint density at radius 2 is 1.90 bits per heavy atom. The first kappa shape index (κ1) is 15.9. The molecule has 0 saturated carbocycles. The van der Waals surface area contributed by atoms with Gasteiger partial charge in [-0.2, -0.15) is 4.31 Å². The Balaban J connectivity index is 2.21. The molecule has 0 radical (unpaired) electrons. The van der Waals surface area contributed by atoms with Gasteiger partial charge in [0.05, 0.1) is 4.90 Å². The van der Waals surface area contributed by atoms with Crippen molar-refractivity contribution in [2.24, 2.45) is 0 Å². The van der Waals surface area contributed by atoms with Crippen molar-refractivity contribution >= 4 is 26.0 Å². The minimum absolute atomic E-state index is 0.306. The van der Waals surface area contributed by atoms with E-state index >= 15 is 0 Å². The van der Waals surface area contributed by atoms with Gasteiger partial charge in [0.2, 0.25) is 10.0 Å². The van der Waals surface area contributed by atoms with Gasteiger partial charge in [-0.3, -0.25) is 0 Å². The molecule has 112 valence electrons. The minimum atomic E-state index is -3.36. The molecule has 0 amide bonds. The minimum Gasteiger partial charge on any atom is -0.301 e. The molecule has 1 fully saturated rings. The molecule has 1 aliphatic rings. The van der Waals surface area contributed by atoms with Crippen molar-refractivity contribution in [2.45, 2.75) is 29.6 Å². The van der Waals surface area contributed by atoms with Crippen LogP contribution in [0, 0.1) is 0 Å². The van der Waals surface area contributed by atoms with Crippen molar-refractivity contribution in [1.82, 2.24) is 9.21 Å². The highest BCUT2D eigenvalue weighted by atomic mass is 79.9. The molecular weight excluding hydrogens is 340 g/mol. The zero-order valence-electron chi connectivity index (χ0n) is 11.9. The van der Waals surface area contributed by atoms with Crippen LogP contribution >= 0.6 is 15.9 Å². The highest BCUT2D eigenvalue weighted by Crippen LogP contribution is 2.21. The van der Waals surface area contributed by atoms with Gasteiger partial charge >= 0.3 is 0 Å². The number of piperazine rings is 1. The van der Waals surface area contributed by atoms with Crippen molar-refractivity contribution in [3.05, 3.63) is 29.8 Å². The van der Waals surface area contributed by atoms with Crippen LogP contribution in [0.3, 0.4) is 0 Å². The number of benzene rings is 1. The zero-order valence-corrected chi connectivity index (χ0v) is 14.3. The van der Waals surface area contributed by atoms with E-state index in [0.29, 0.717) is 24.0 Å². The molecular formula is C14H21BrN2O2S. The molecule has 4 nitrogen and oxygen atoms in total. The molecule has 1 atom stereocenters. The molecule has 1 saturated heterocycles. The number of rotatable bonds is 4. The normalized spacial score (nSPS) is 22.1. The number of hydrogen-bond donors (Lipinski definition) is 0. The molecule has 2 rings (SSSR count). The SMILES string of the molecule is CCC1CN(S(=O)(=O)c2ccc(CBr)cc2)CCN1C. The largest absolute Gasteiger partial charge is 0.301 e. The molecule has 1 aromatic rings. The second kappa shape index (κ2) is 6.56. The molecule has 1 aromatic carbocycles. The maximum absolute atomic E-state index is 12.7. The van der Waals surface area contributed by atoms with Crippen LogP contribution in [0.25, 0.3) is 0 Å². The summed E-state index contributed by atoms with van der Waals surface area (Å²) in [5.74, 6) is 0. The second-order valence-corrected chi connectivity index (χ2v) is 7.68. The summed E-state index contributed by atoms with van der Waals surface area (Å²) < 4.78 is 26.9. The number of sulfonamides is 1. The Morgan fingerprint density at radius 1 is 1.25 bits per heavy atom. The van der Waals surface area contributed by atoms with E-state index in [-0.39, 0.29) is 0 Å². The van der Waals surface area contributed by atoms with Crippen molar-refractivity contribution in [1.29, 1.82) is 0 Å². The van der Waals surface area contributed by atoms with Gasteiger partial charge in [-0.1, -0.05) is 35.0 Å².